The predicted octanol–water partition coefficient (Wildman–Crippen LogP) is 4.49. The second kappa shape index (κ2) is 4.97. The van der Waals surface area contributed by atoms with Gasteiger partial charge in [-0.1, -0.05) is 36.2 Å². The minimum atomic E-state index is 0.403. The summed E-state index contributed by atoms with van der Waals surface area (Å²) < 4.78 is 1.73. The maximum Gasteiger partial charge on any atom is 0.129 e. The van der Waals surface area contributed by atoms with E-state index in [2.05, 4.69) is 12.0 Å². The van der Waals surface area contributed by atoms with Crippen molar-refractivity contribution in [1.82, 2.24) is 9.78 Å². The number of benzene rings is 1. The zero-order valence-electron chi connectivity index (χ0n) is 11.5. The van der Waals surface area contributed by atoms with E-state index < -0.39 is 0 Å². The Morgan fingerprint density at radius 2 is 2.05 bits per heavy atom. The molecule has 20 heavy (non-hydrogen) atoms. The van der Waals surface area contributed by atoms with E-state index in [0.717, 1.165) is 16.8 Å². The highest BCUT2D eigenvalue weighted by Gasteiger charge is 2.33. The molecule has 1 aromatic heterocycles. The van der Waals surface area contributed by atoms with Crippen molar-refractivity contribution >= 4 is 29.0 Å². The second-order valence-electron chi connectivity index (χ2n) is 5.52. The van der Waals surface area contributed by atoms with E-state index in [1.165, 1.54) is 12.8 Å². The number of nitrogens with zero attached hydrogens (tertiary/aromatic N) is 2. The molecular weight excluding hydrogens is 293 g/mol. The fourth-order valence-corrected chi connectivity index (χ4v) is 3.17. The van der Waals surface area contributed by atoms with Gasteiger partial charge in [-0.2, -0.15) is 5.10 Å². The van der Waals surface area contributed by atoms with Crippen LogP contribution in [0.25, 0.3) is 11.1 Å². The van der Waals surface area contributed by atoms with E-state index in [-0.39, 0.29) is 0 Å². The van der Waals surface area contributed by atoms with Crippen LogP contribution in [0, 0.1) is 5.92 Å². The number of hydrogen-bond donors (Lipinski definition) is 1. The Bertz CT molecular complexity index is 659. The van der Waals surface area contributed by atoms with E-state index >= 15 is 0 Å². The lowest BCUT2D eigenvalue weighted by atomic mass is 9.94. The first kappa shape index (κ1) is 13.8. The number of halogens is 2. The number of hydrogen-bond acceptors (Lipinski definition) is 2. The lowest BCUT2D eigenvalue weighted by molar-refractivity contribution is 0.622. The number of aryl methyl sites for hydroxylation is 1. The molecule has 1 unspecified atom stereocenters. The molecule has 1 saturated carbocycles. The van der Waals surface area contributed by atoms with Gasteiger partial charge in [0.25, 0.3) is 0 Å². The van der Waals surface area contributed by atoms with Crippen molar-refractivity contribution in [1.29, 1.82) is 0 Å². The molecule has 1 heterocycles. The zero-order valence-corrected chi connectivity index (χ0v) is 13.0. The fourth-order valence-electron chi connectivity index (χ4n) is 2.66. The van der Waals surface area contributed by atoms with Crippen molar-refractivity contribution in [2.24, 2.45) is 13.0 Å². The Morgan fingerprint density at radius 3 is 2.65 bits per heavy atom. The summed E-state index contributed by atoms with van der Waals surface area (Å²) >= 11 is 12.3. The average molecular weight is 310 g/mol. The summed E-state index contributed by atoms with van der Waals surface area (Å²) in [6, 6.07) is 5.50. The molecule has 0 amide bonds. The lowest BCUT2D eigenvalue weighted by Crippen LogP contribution is -2.00. The molecule has 3 nitrogen and oxygen atoms in total. The van der Waals surface area contributed by atoms with Crippen LogP contribution in [0.4, 0.5) is 5.82 Å². The summed E-state index contributed by atoms with van der Waals surface area (Å²) in [7, 11) is 1.87. The number of nitrogens with two attached hydrogens (primary N) is 1. The van der Waals surface area contributed by atoms with Crippen LogP contribution in [0.2, 0.25) is 10.0 Å². The van der Waals surface area contributed by atoms with E-state index in [0.29, 0.717) is 27.7 Å². The van der Waals surface area contributed by atoms with Gasteiger partial charge in [0, 0.05) is 29.1 Å². The minimum absolute atomic E-state index is 0.403. The van der Waals surface area contributed by atoms with Crippen LogP contribution in [-0.2, 0) is 7.05 Å². The van der Waals surface area contributed by atoms with Gasteiger partial charge in [0.2, 0.25) is 0 Å². The Kier molecular flexibility index (Phi) is 3.43. The highest BCUT2D eigenvalue weighted by molar-refractivity contribution is 6.36. The molecule has 0 radical (unpaired) electrons. The normalized spacial score (nSPS) is 16.4. The monoisotopic (exact) mass is 309 g/mol. The van der Waals surface area contributed by atoms with Crippen molar-refractivity contribution < 1.29 is 0 Å². The molecule has 2 aromatic rings. The van der Waals surface area contributed by atoms with E-state index in [4.69, 9.17) is 28.9 Å². The average Bonchev–Trinajstić information content (AvgIpc) is 3.19. The van der Waals surface area contributed by atoms with Crippen molar-refractivity contribution in [3.63, 3.8) is 0 Å². The van der Waals surface area contributed by atoms with Crippen molar-refractivity contribution in [3.05, 3.63) is 33.9 Å². The third-order valence-electron chi connectivity index (χ3n) is 4.08. The SMILES string of the molecule is CC(c1nn(C)c(N)c1-c1ccc(Cl)cc1Cl)C1CC1. The van der Waals surface area contributed by atoms with Gasteiger partial charge in [0.05, 0.1) is 10.7 Å². The molecule has 106 valence electrons. The molecule has 1 aliphatic carbocycles. The van der Waals surface area contributed by atoms with Crippen molar-refractivity contribution in [2.75, 3.05) is 5.73 Å². The van der Waals surface area contributed by atoms with Gasteiger partial charge in [-0.15, -0.1) is 0 Å². The molecule has 1 atom stereocenters. The maximum atomic E-state index is 6.34. The molecule has 0 bridgehead atoms. The largest absolute Gasteiger partial charge is 0.383 e. The summed E-state index contributed by atoms with van der Waals surface area (Å²) in [5, 5.41) is 5.85. The molecule has 0 aliphatic heterocycles. The number of anilines is 1. The van der Waals surface area contributed by atoms with Crippen LogP contribution in [0.15, 0.2) is 18.2 Å². The number of rotatable bonds is 3. The molecule has 1 aromatic carbocycles. The highest BCUT2D eigenvalue weighted by Crippen LogP contribution is 2.46. The van der Waals surface area contributed by atoms with E-state index in [1.54, 1.807) is 10.7 Å². The summed E-state index contributed by atoms with van der Waals surface area (Å²) in [4.78, 5) is 0. The Labute approximate surface area is 128 Å². The topological polar surface area (TPSA) is 43.8 Å². The zero-order chi connectivity index (χ0) is 14.4. The standard InChI is InChI=1S/C15H17Cl2N3/c1-8(9-3-4-9)14-13(15(18)20(2)19-14)11-6-5-10(16)7-12(11)17/h5-9H,3-4,18H2,1-2H3. The first-order chi connectivity index (χ1) is 9.49. The summed E-state index contributed by atoms with van der Waals surface area (Å²) in [5.41, 5.74) is 9.11. The third-order valence-corrected chi connectivity index (χ3v) is 4.63. The minimum Gasteiger partial charge on any atom is -0.383 e. The van der Waals surface area contributed by atoms with Gasteiger partial charge in [-0.25, -0.2) is 0 Å². The molecule has 1 aliphatic rings. The molecule has 2 N–H and O–H groups in total. The fraction of sp³-hybridized carbons (Fsp3) is 0.400. The summed E-state index contributed by atoms with van der Waals surface area (Å²) in [6.45, 7) is 2.22. The quantitative estimate of drug-likeness (QED) is 0.907. The van der Waals surface area contributed by atoms with Crippen LogP contribution in [-0.4, -0.2) is 9.78 Å². The molecule has 0 saturated heterocycles. The van der Waals surface area contributed by atoms with E-state index in [9.17, 15) is 0 Å². The first-order valence-corrected chi connectivity index (χ1v) is 7.52. The molecular formula is C15H17Cl2N3. The third kappa shape index (κ3) is 2.29. The summed E-state index contributed by atoms with van der Waals surface area (Å²) in [5.74, 6) is 1.77. The van der Waals surface area contributed by atoms with Gasteiger partial charge in [-0.05, 0) is 30.9 Å². The second-order valence-corrected chi connectivity index (χ2v) is 6.36. The van der Waals surface area contributed by atoms with E-state index in [1.807, 2.05) is 19.2 Å². The highest BCUT2D eigenvalue weighted by atomic mass is 35.5. The predicted molar refractivity (Wildman–Crippen MR) is 84.2 cm³/mol. The Morgan fingerprint density at radius 1 is 1.35 bits per heavy atom. The smallest absolute Gasteiger partial charge is 0.129 e. The first-order valence-electron chi connectivity index (χ1n) is 6.76. The molecule has 3 rings (SSSR count). The van der Waals surface area contributed by atoms with Crippen molar-refractivity contribution in [3.8, 4) is 11.1 Å². The van der Waals surface area contributed by atoms with Gasteiger partial charge in [0.15, 0.2) is 0 Å². The van der Waals surface area contributed by atoms with Crippen LogP contribution in [0.5, 0.6) is 0 Å². The van der Waals surface area contributed by atoms with Crippen LogP contribution >= 0.6 is 23.2 Å². The molecule has 0 spiro atoms. The van der Waals surface area contributed by atoms with Crippen LogP contribution < -0.4 is 5.73 Å². The lowest BCUT2D eigenvalue weighted by Gasteiger charge is -2.11. The number of nitrogen functional groups attached to an aromatic ring is 1. The van der Waals surface area contributed by atoms with Gasteiger partial charge < -0.3 is 5.73 Å². The van der Waals surface area contributed by atoms with Crippen molar-refractivity contribution in [2.45, 2.75) is 25.7 Å². The summed E-state index contributed by atoms with van der Waals surface area (Å²) in [6.07, 6.45) is 2.54. The number of aromatic nitrogens is 2. The van der Waals surface area contributed by atoms with Crippen LogP contribution in [0.3, 0.4) is 0 Å². The van der Waals surface area contributed by atoms with Crippen LogP contribution in [0.1, 0.15) is 31.4 Å². The Hall–Kier alpha value is -1.19. The van der Waals surface area contributed by atoms with Gasteiger partial charge >= 0.3 is 0 Å². The van der Waals surface area contributed by atoms with Gasteiger partial charge in [0.1, 0.15) is 5.82 Å². The maximum absolute atomic E-state index is 6.34. The van der Waals surface area contributed by atoms with Gasteiger partial charge in [-0.3, -0.25) is 4.68 Å². The molecule has 5 heteroatoms. The Balaban J connectivity index is 2.16. The molecule has 1 fully saturated rings.